The van der Waals surface area contributed by atoms with Crippen LogP contribution >= 0.6 is 0 Å². The Morgan fingerprint density at radius 3 is 1.91 bits per heavy atom. The van der Waals surface area contributed by atoms with Gasteiger partial charge in [-0.3, -0.25) is 0 Å². The average Bonchev–Trinajstić information content (AvgIpc) is 2.55. The normalized spacial score (nSPS) is 16.2. The molecule has 1 aliphatic rings. The minimum atomic E-state index is -0.751. The van der Waals surface area contributed by atoms with Crippen molar-refractivity contribution in [2.24, 2.45) is 5.92 Å². The molecule has 0 bridgehead atoms. The number of amides is 1. The van der Waals surface area contributed by atoms with E-state index in [0.717, 1.165) is 25.9 Å². The molecule has 0 radical (unpaired) electrons. The third-order valence-electron chi connectivity index (χ3n) is 5.06. The number of hydrogen-bond donors (Lipinski definition) is 1. The molecule has 1 fully saturated rings. The summed E-state index contributed by atoms with van der Waals surface area (Å²) in [4.78, 5) is 15.2. The lowest BCUT2D eigenvalue weighted by atomic mass is 9.96. The number of nitrogens with zero attached hydrogens (tertiary/aromatic N) is 2. The number of likely N-dealkylation sites (tertiary alicyclic amines) is 1. The van der Waals surface area contributed by atoms with Crippen molar-refractivity contribution >= 4 is 6.09 Å². The minimum absolute atomic E-state index is 0.683. The number of carbonyl (C=O) groups is 1. The summed E-state index contributed by atoms with van der Waals surface area (Å²) in [6.45, 7) is 9.60. The van der Waals surface area contributed by atoms with Crippen molar-refractivity contribution in [2.45, 2.75) is 78.1 Å². The highest BCUT2D eigenvalue weighted by atomic mass is 16.4. The van der Waals surface area contributed by atoms with Gasteiger partial charge in [0.1, 0.15) is 0 Å². The zero-order valence-corrected chi connectivity index (χ0v) is 15.4. The van der Waals surface area contributed by atoms with Crippen LogP contribution in [0, 0.1) is 5.92 Å². The molecule has 4 nitrogen and oxygen atoms in total. The molecule has 1 heterocycles. The standard InChI is InChI=1S/C19H38N2O2/c1-3-5-7-9-13-20(14-10-8-6-4-2)17-18-11-15-21(16-12-18)19(22)23/h18H,3-17H2,1-2H3,(H,22,23). The number of unbranched alkanes of at least 4 members (excludes halogenated alkanes) is 6. The van der Waals surface area contributed by atoms with Crippen molar-refractivity contribution in [3.05, 3.63) is 0 Å². The lowest BCUT2D eigenvalue weighted by Crippen LogP contribution is -2.41. The Balaban J connectivity index is 2.30. The number of hydrogen-bond acceptors (Lipinski definition) is 2. The topological polar surface area (TPSA) is 43.8 Å². The van der Waals surface area contributed by atoms with Crippen molar-refractivity contribution < 1.29 is 9.90 Å². The van der Waals surface area contributed by atoms with Gasteiger partial charge in [-0.15, -0.1) is 0 Å². The van der Waals surface area contributed by atoms with Gasteiger partial charge in [0.15, 0.2) is 0 Å². The third-order valence-corrected chi connectivity index (χ3v) is 5.06. The van der Waals surface area contributed by atoms with Gasteiger partial charge in [-0.25, -0.2) is 4.79 Å². The Morgan fingerprint density at radius 1 is 0.957 bits per heavy atom. The van der Waals surface area contributed by atoms with Gasteiger partial charge in [0.25, 0.3) is 0 Å². The number of rotatable bonds is 12. The maximum absolute atomic E-state index is 11.0. The van der Waals surface area contributed by atoms with Crippen LogP contribution in [0.25, 0.3) is 0 Å². The zero-order chi connectivity index (χ0) is 16.9. The van der Waals surface area contributed by atoms with Crippen molar-refractivity contribution in [2.75, 3.05) is 32.7 Å². The summed E-state index contributed by atoms with van der Waals surface area (Å²) in [7, 11) is 0. The lowest BCUT2D eigenvalue weighted by Gasteiger charge is -2.33. The van der Waals surface area contributed by atoms with Crippen molar-refractivity contribution in [1.82, 2.24) is 9.80 Å². The van der Waals surface area contributed by atoms with E-state index < -0.39 is 6.09 Å². The van der Waals surface area contributed by atoms with Gasteiger partial charge < -0.3 is 14.9 Å². The quantitative estimate of drug-likeness (QED) is 0.522. The van der Waals surface area contributed by atoms with Gasteiger partial charge in [0, 0.05) is 19.6 Å². The molecule has 1 N–H and O–H groups in total. The third kappa shape index (κ3) is 9.19. The van der Waals surface area contributed by atoms with E-state index in [1.165, 1.54) is 71.0 Å². The molecule has 1 saturated heterocycles. The maximum Gasteiger partial charge on any atom is 0.407 e. The van der Waals surface area contributed by atoms with E-state index in [2.05, 4.69) is 18.7 Å². The summed E-state index contributed by atoms with van der Waals surface area (Å²) in [5, 5.41) is 9.06. The van der Waals surface area contributed by atoms with Crippen LogP contribution in [0.4, 0.5) is 4.79 Å². The first-order valence-corrected chi connectivity index (χ1v) is 9.87. The van der Waals surface area contributed by atoms with Crippen LogP contribution < -0.4 is 0 Å². The largest absolute Gasteiger partial charge is 0.465 e. The first kappa shape index (κ1) is 20.3. The Bertz CT molecular complexity index is 290. The van der Waals surface area contributed by atoms with Gasteiger partial charge >= 0.3 is 6.09 Å². The van der Waals surface area contributed by atoms with Gasteiger partial charge in [0.2, 0.25) is 0 Å². The van der Waals surface area contributed by atoms with E-state index >= 15 is 0 Å². The summed E-state index contributed by atoms with van der Waals surface area (Å²) in [5.41, 5.74) is 0. The molecule has 0 aromatic heterocycles. The van der Waals surface area contributed by atoms with Gasteiger partial charge in [-0.1, -0.05) is 52.4 Å². The molecule has 136 valence electrons. The van der Waals surface area contributed by atoms with Gasteiger partial charge in [-0.05, 0) is 44.7 Å². The molecule has 1 amide bonds. The molecule has 4 heteroatoms. The second-order valence-electron chi connectivity index (χ2n) is 7.13. The Hall–Kier alpha value is -0.770. The smallest absolute Gasteiger partial charge is 0.407 e. The van der Waals surface area contributed by atoms with Crippen molar-refractivity contribution in [3.63, 3.8) is 0 Å². The fourth-order valence-corrected chi connectivity index (χ4v) is 3.49. The van der Waals surface area contributed by atoms with E-state index in [4.69, 9.17) is 5.11 Å². The van der Waals surface area contributed by atoms with E-state index in [1.807, 2.05) is 0 Å². The molecule has 0 spiro atoms. The van der Waals surface area contributed by atoms with E-state index in [0.29, 0.717) is 5.92 Å². The van der Waals surface area contributed by atoms with Crippen LogP contribution in [0.1, 0.15) is 78.1 Å². The Labute approximate surface area is 143 Å². The molecule has 0 atom stereocenters. The summed E-state index contributed by atoms with van der Waals surface area (Å²) in [5.74, 6) is 0.683. The fourth-order valence-electron chi connectivity index (χ4n) is 3.49. The predicted molar refractivity (Wildman–Crippen MR) is 97.0 cm³/mol. The van der Waals surface area contributed by atoms with E-state index in [9.17, 15) is 4.79 Å². The minimum Gasteiger partial charge on any atom is -0.465 e. The van der Waals surface area contributed by atoms with Crippen LogP contribution in [-0.2, 0) is 0 Å². The summed E-state index contributed by atoms with van der Waals surface area (Å²) < 4.78 is 0. The monoisotopic (exact) mass is 326 g/mol. The summed E-state index contributed by atoms with van der Waals surface area (Å²) in [6.07, 6.45) is 11.9. The molecular formula is C19H38N2O2. The molecule has 23 heavy (non-hydrogen) atoms. The van der Waals surface area contributed by atoms with Crippen LogP contribution in [0.15, 0.2) is 0 Å². The molecule has 0 saturated carbocycles. The number of carboxylic acid groups (broad SMARTS) is 1. The molecule has 0 unspecified atom stereocenters. The predicted octanol–water partition coefficient (Wildman–Crippen LogP) is 4.84. The summed E-state index contributed by atoms with van der Waals surface area (Å²) >= 11 is 0. The second kappa shape index (κ2) is 12.6. The van der Waals surface area contributed by atoms with Gasteiger partial charge in [-0.2, -0.15) is 0 Å². The zero-order valence-electron chi connectivity index (χ0n) is 15.4. The average molecular weight is 327 g/mol. The van der Waals surface area contributed by atoms with E-state index in [-0.39, 0.29) is 0 Å². The Morgan fingerprint density at radius 2 is 1.48 bits per heavy atom. The number of piperidine rings is 1. The first-order chi connectivity index (χ1) is 11.2. The lowest BCUT2D eigenvalue weighted by molar-refractivity contribution is 0.112. The maximum atomic E-state index is 11.0. The van der Waals surface area contributed by atoms with Crippen LogP contribution in [0.3, 0.4) is 0 Å². The molecule has 0 aliphatic carbocycles. The molecular weight excluding hydrogens is 288 g/mol. The SMILES string of the molecule is CCCCCCN(CCCCCC)CC1CCN(C(=O)O)CC1. The molecule has 0 aromatic carbocycles. The van der Waals surface area contributed by atoms with Crippen molar-refractivity contribution in [3.8, 4) is 0 Å². The molecule has 0 aromatic rings. The summed E-state index contributed by atoms with van der Waals surface area (Å²) in [6, 6.07) is 0. The van der Waals surface area contributed by atoms with Crippen LogP contribution in [-0.4, -0.2) is 53.7 Å². The van der Waals surface area contributed by atoms with Gasteiger partial charge in [0.05, 0.1) is 0 Å². The highest BCUT2D eigenvalue weighted by molar-refractivity contribution is 5.64. The first-order valence-electron chi connectivity index (χ1n) is 9.87. The molecule has 1 rings (SSSR count). The van der Waals surface area contributed by atoms with Crippen LogP contribution in [0.2, 0.25) is 0 Å². The second-order valence-corrected chi connectivity index (χ2v) is 7.13. The van der Waals surface area contributed by atoms with E-state index in [1.54, 1.807) is 4.90 Å². The highest BCUT2D eigenvalue weighted by Crippen LogP contribution is 2.19. The van der Waals surface area contributed by atoms with Crippen LogP contribution in [0.5, 0.6) is 0 Å². The van der Waals surface area contributed by atoms with Crippen molar-refractivity contribution in [1.29, 1.82) is 0 Å². The molecule has 1 aliphatic heterocycles. The fraction of sp³-hybridized carbons (Fsp3) is 0.947. The Kier molecular flexibility index (Phi) is 11.1. The highest BCUT2D eigenvalue weighted by Gasteiger charge is 2.23.